The summed E-state index contributed by atoms with van der Waals surface area (Å²) in [5.41, 5.74) is 1.88. The van der Waals surface area contributed by atoms with Gasteiger partial charge in [-0.1, -0.05) is 91.0 Å². The Labute approximate surface area is 212 Å². The van der Waals surface area contributed by atoms with Crippen molar-refractivity contribution >= 4 is 10.1 Å². The Hall–Kier alpha value is -2.59. The van der Waals surface area contributed by atoms with Crippen molar-refractivity contribution in [2.45, 2.75) is 36.6 Å². The molecule has 0 amide bonds. The zero-order chi connectivity index (χ0) is 25.0. The van der Waals surface area contributed by atoms with Gasteiger partial charge in [0.15, 0.2) is 6.29 Å². The van der Waals surface area contributed by atoms with Crippen LogP contribution in [0.1, 0.15) is 23.1 Å². The van der Waals surface area contributed by atoms with Crippen LogP contribution >= 0.6 is 0 Å². The van der Waals surface area contributed by atoms with E-state index in [-0.39, 0.29) is 6.61 Å². The summed E-state index contributed by atoms with van der Waals surface area (Å²) in [6.07, 6.45) is -1.01. The molecule has 2 aliphatic rings. The predicted octanol–water partition coefficient (Wildman–Crippen LogP) is 3.87. The summed E-state index contributed by atoms with van der Waals surface area (Å²) in [4.78, 5) is 0. The van der Waals surface area contributed by atoms with Gasteiger partial charge in [-0.25, -0.2) is 0 Å². The molecule has 0 N–H and O–H groups in total. The zero-order valence-electron chi connectivity index (χ0n) is 20.1. The molecule has 0 radical (unpaired) electrons. The van der Waals surface area contributed by atoms with Crippen LogP contribution in [0.2, 0.25) is 0 Å². The van der Waals surface area contributed by atoms with Crippen LogP contribution in [-0.4, -0.2) is 59.1 Å². The van der Waals surface area contributed by atoms with E-state index < -0.39 is 40.3 Å². The van der Waals surface area contributed by atoms with Crippen molar-refractivity contribution in [1.82, 2.24) is 0 Å². The van der Waals surface area contributed by atoms with Crippen molar-refractivity contribution in [3.05, 3.63) is 108 Å². The molecule has 2 heterocycles. The molecule has 0 bridgehead atoms. The monoisotopic (exact) mass is 510 g/mol. The first-order valence-corrected chi connectivity index (χ1v) is 13.8. The normalized spacial score (nSPS) is 23.2. The van der Waals surface area contributed by atoms with Crippen molar-refractivity contribution in [3.8, 4) is 0 Å². The highest BCUT2D eigenvalue weighted by Crippen LogP contribution is 2.41. The second-order valence-electron chi connectivity index (χ2n) is 8.99. The maximum Gasteiger partial charge on any atom is 0.264 e. The predicted molar refractivity (Wildman–Crippen MR) is 134 cm³/mol. The minimum absolute atomic E-state index is 0.0854. The van der Waals surface area contributed by atoms with Crippen molar-refractivity contribution < 1.29 is 31.5 Å². The van der Waals surface area contributed by atoms with E-state index >= 15 is 0 Å². The lowest BCUT2D eigenvalue weighted by molar-refractivity contribution is -0.152. The molecule has 0 aliphatic carbocycles. The van der Waals surface area contributed by atoms with Crippen LogP contribution < -0.4 is 0 Å². The summed E-state index contributed by atoms with van der Waals surface area (Å²) in [6, 6.07) is 29.9. The molecule has 8 heteroatoms. The van der Waals surface area contributed by atoms with E-state index in [1.54, 1.807) is 0 Å². The highest BCUT2D eigenvalue weighted by Gasteiger charge is 2.46. The maximum absolute atomic E-state index is 12.0. The summed E-state index contributed by atoms with van der Waals surface area (Å²) >= 11 is 0. The standard InChI is InChI=1S/C28H30O7S/c1-36(29,30)35-24-19-25(27-31-17-18-32-27)34-26(24)20-33-28(21-11-5-2-6-12-21,22-13-7-3-8-14-22)23-15-9-4-10-16-23/h2-16,24-27H,17-20H2,1H3/t24-,25+,26-/m0/s1. The Kier molecular flexibility index (Phi) is 7.52. The molecule has 2 fully saturated rings. The molecule has 36 heavy (non-hydrogen) atoms. The molecule has 5 rings (SSSR count). The second kappa shape index (κ2) is 10.8. The molecule has 0 spiro atoms. The molecule has 3 aromatic rings. The third-order valence-electron chi connectivity index (χ3n) is 6.48. The number of benzene rings is 3. The third-order valence-corrected chi connectivity index (χ3v) is 7.08. The Morgan fingerprint density at radius 3 is 1.72 bits per heavy atom. The molecule has 2 saturated heterocycles. The van der Waals surface area contributed by atoms with E-state index in [0.717, 1.165) is 22.9 Å². The molecule has 7 nitrogen and oxygen atoms in total. The van der Waals surface area contributed by atoms with Crippen LogP contribution in [0.5, 0.6) is 0 Å². The summed E-state index contributed by atoms with van der Waals surface area (Å²) < 4.78 is 53.9. The Bertz CT molecular complexity index is 1120. The molecule has 0 saturated carbocycles. The van der Waals surface area contributed by atoms with Gasteiger partial charge in [0.2, 0.25) is 0 Å². The van der Waals surface area contributed by atoms with Crippen molar-refractivity contribution in [2.24, 2.45) is 0 Å². The summed E-state index contributed by atoms with van der Waals surface area (Å²) in [7, 11) is -3.71. The summed E-state index contributed by atoms with van der Waals surface area (Å²) in [6.45, 7) is 1.03. The minimum Gasteiger partial charge on any atom is -0.364 e. The molecule has 3 atom stereocenters. The van der Waals surface area contributed by atoms with Gasteiger partial charge in [0, 0.05) is 6.42 Å². The lowest BCUT2D eigenvalue weighted by Gasteiger charge is -2.37. The molecule has 0 aromatic heterocycles. The van der Waals surface area contributed by atoms with Gasteiger partial charge in [0.1, 0.15) is 23.9 Å². The van der Waals surface area contributed by atoms with Crippen LogP contribution in [0, 0.1) is 0 Å². The SMILES string of the molecule is CS(=O)(=O)O[C@H]1C[C@H](C2OCCO2)O[C@H]1COC(c1ccccc1)(c1ccccc1)c1ccccc1. The molecule has 3 aromatic carbocycles. The first kappa shape index (κ1) is 25.1. The Morgan fingerprint density at radius 2 is 1.28 bits per heavy atom. The zero-order valence-corrected chi connectivity index (χ0v) is 20.9. The number of rotatable bonds is 9. The van der Waals surface area contributed by atoms with Gasteiger partial charge >= 0.3 is 0 Å². The van der Waals surface area contributed by atoms with Crippen LogP contribution in [-0.2, 0) is 38.8 Å². The van der Waals surface area contributed by atoms with Crippen LogP contribution in [0.25, 0.3) is 0 Å². The van der Waals surface area contributed by atoms with E-state index in [1.807, 2.05) is 91.0 Å². The molecule has 0 unspecified atom stereocenters. The first-order valence-electron chi connectivity index (χ1n) is 12.0. The highest BCUT2D eigenvalue weighted by molar-refractivity contribution is 7.86. The second-order valence-corrected chi connectivity index (χ2v) is 10.6. The van der Waals surface area contributed by atoms with Crippen molar-refractivity contribution in [2.75, 3.05) is 26.1 Å². The average Bonchev–Trinajstić information content (AvgIpc) is 3.56. The van der Waals surface area contributed by atoms with E-state index in [1.165, 1.54) is 0 Å². The van der Waals surface area contributed by atoms with Gasteiger partial charge in [-0.2, -0.15) is 8.42 Å². The molecular weight excluding hydrogens is 480 g/mol. The fourth-order valence-electron chi connectivity index (χ4n) is 4.96. The van der Waals surface area contributed by atoms with E-state index in [0.29, 0.717) is 19.6 Å². The van der Waals surface area contributed by atoms with Gasteiger partial charge in [-0.15, -0.1) is 0 Å². The van der Waals surface area contributed by atoms with Crippen molar-refractivity contribution in [1.29, 1.82) is 0 Å². The fraction of sp³-hybridized carbons (Fsp3) is 0.357. The van der Waals surface area contributed by atoms with Crippen molar-refractivity contribution in [3.63, 3.8) is 0 Å². The van der Waals surface area contributed by atoms with Gasteiger partial charge in [0.05, 0.1) is 26.1 Å². The largest absolute Gasteiger partial charge is 0.364 e. The lowest BCUT2D eigenvalue weighted by Crippen LogP contribution is -2.39. The van der Waals surface area contributed by atoms with E-state index in [2.05, 4.69) is 0 Å². The average molecular weight is 511 g/mol. The number of hydrogen-bond donors (Lipinski definition) is 0. The van der Waals surface area contributed by atoms with Gasteiger partial charge in [-0.05, 0) is 16.7 Å². The lowest BCUT2D eigenvalue weighted by atomic mass is 9.80. The van der Waals surface area contributed by atoms with Gasteiger partial charge in [-0.3, -0.25) is 4.18 Å². The fourth-order valence-corrected chi connectivity index (χ4v) is 5.61. The quantitative estimate of drug-likeness (QED) is 0.319. The highest BCUT2D eigenvalue weighted by atomic mass is 32.2. The topological polar surface area (TPSA) is 80.3 Å². The van der Waals surface area contributed by atoms with Gasteiger partial charge < -0.3 is 18.9 Å². The molecule has 190 valence electrons. The summed E-state index contributed by atoms with van der Waals surface area (Å²) in [5.74, 6) is 0. The van der Waals surface area contributed by atoms with Crippen LogP contribution in [0.4, 0.5) is 0 Å². The van der Waals surface area contributed by atoms with E-state index in [9.17, 15) is 8.42 Å². The minimum atomic E-state index is -3.71. The van der Waals surface area contributed by atoms with E-state index in [4.69, 9.17) is 23.1 Å². The number of hydrogen-bond acceptors (Lipinski definition) is 7. The maximum atomic E-state index is 12.0. The number of ether oxygens (including phenoxy) is 4. The molecular formula is C28H30O7S. The summed E-state index contributed by atoms with van der Waals surface area (Å²) in [5, 5.41) is 0. The van der Waals surface area contributed by atoms with Crippen LogP contribution in [0.15, 0.2) is 91.0 Å². The third kappa shape index (κ3) is 5.39. The first-order chi connectivity index (χ1) is 17.5. The smallest absolute Gasteiger partial charge is 0.264 e. The Morgan fingerprint density at radius 1 is 0.806 bits per heavy atom. The Balaban J connectivity index is 1.51. The molecule has 2 aliphatic heterocycles. The van der Waals surface area contributed by atoms with Crippen LogP contribution in [0.3, 0.4) is 0 Å². The van der Waals surface area contributed by atoms with Gasteiger partial charge in [0.25, 0.3) is 10.1 Å².